The Bertz CT molecular complexity index is 467. The van der Waals surface area contributed by atoms with Crippen LogP contribution in [0.4, 0.5) is 0 Å². The number of hydrogen-bond acceptors (Lipinski definition) is 3. The van der Waals surface area contributed by atoms with Gasteiger partial charge in [0.15, 0.2) is 0 Å². The van der Waals surface area contributed by atoms with Crippen molar-refractivity contribution in [3.63, 3.8) is 0 Å². The SMILES string of the molecule is NCC1OCCN(C2CC2)C1c1ccc(Br)c(Cl)c1. The standard InChI is InChI=1S/C14H18BrClN2O/c15-11-4-1-9(7-12(11)16)14-13(8-17)19-6-5-18(14)10-2-3-10/h1,4,7,10,13-14H,2-3,5-6,8,17H2. The van der Waals surface area contributed by atoms with Crippen molar-refractivity contribution >= 4 is 27.5 Å². The molecule has 2 unspecified atom stereocenters. The molecule has 0 radical (unpaired) electrons. The minimum Gasteiger partial charge on any atom is -0.374 e. The fourth-order valence-corrected chi connectivity index (χ4v) is 3.30. The summed E-state index contributed by atoms with van der Waals surface area (Å²) in [6.07, 6.45) is 2.64. The molecule has 1 heterocycles. The zero-order chi connectivity index (χ0) is 13.4. The van der Waals surface area contributed by atoms with Crippen molar-refractivity contribution in [1.29, 1.82) is 0 Å². The van der Waals surface area contributed by atoms with Crippen LogP contribution < -0.4 is 5.73 Å². The van der Waals surface area contributed by atoms with Crippen molar-refractivity contribution in [2.24, 2.45) is 5.73 Å². The van der Waals surface area contributed by atoms with Crippen LogP contribution in [0.1, 0.15) is 24.4 Å². The van der Waals surface area contributed by atoms with Gasteiger partial charge < -0.3 is 10.5 Å². The fourth-order valence-electron chi connectivity index (χ4n) is 2.87. The number of ether oxygens (including phenoxy) is 1. The minimum atomic E-state index is 0.0617. The van der Waals surface area contributed by atoms with Crippen LogP contribution >= 0.6 is 27.5 Å². The Balaban J connectivity index is 1.93. The van der Waals surface area contributed by atoms with E-state index in [2.05, 4.69) is 26.9 Å². The molecule has 3 rings (SSSR count). The molecule has 1 aromatic rings. The van der Waals surface area contributed by atoms with Crippen LogP contribution in [0.2, 0.25) is 5.02 Å². The van der Waals surface area contributed by atoms with Gasteiger partial charge in [0.25, 0.3) is 0 Å². The van der Waals surface area contributed by atoms with E-state index in [9.17, 15) is 0 Å². The van der Waals surface area contributed by atoms with Crippen molar-refractivity contribution in [2.45, 2.75) is 31.0 Å². The van der Waals surface area contributed by atoms with Gasteiger partial charge in [0.05, 0.1) is 23.8 Å². The van der Waals surface area contributed by atoms with Gasteiger partial charge in [-0.15, -0.1) is 0 Å². The summed E-state index contributed by atoms with van der Waals surface area (Å²) < 4.78 is 6.78. The average Bonchev–Trinajstić information content (AvgIpc) is 3.25. The first kappa shape index (κ1) is 13.8. The zero-order valence-corrected chi connectivity index (χ0v) is 13.0. The van der Waals surface area contributed by atoms with Gasteiger partial charge >= 0.3 is 0 Å². The third-order valence-electron chi connectivity index (χ3n) is 3.92. The van der Waals surface area contributed by atoms with Gasteiger partial charge in [0.2, 0.25) is 0 Å². The lowest BCUT2D eigenvalue weighted by molar-refractivity contribution is -0.0712. The predicted octanol–water partition coefficient (Wildman–Crippen LogP) is 2.97. The molecule has 1 aromatic carbocycles. The third kappa shape index (κ3) is 2.83. The largest absolute Gasteiger partial charge is 0.374 e. The normalized spacial score (nSPS) is 28.6. The quantitative estimate of drug-likeness (QED) is 0.915. The average molecular weight is 346 g/mol. The third-order valence-corrected chi connectivity index (χ3v) is 5.16. The molecule has 1 aliphatic heterocycles. The van der Waals surface area contributed by atoms with Crippen LogP contribution in [-0.4, -0.2) is 36.7 Å². The van der Waals surface area contributed by atoms with Crippen LogP contribution in [-0.2, 0) is 4.74 Å². The van der Waals surface area contributed by atoms with E-state index in [0.29, 0.717) is 12.6 Å². The molecule has 104 valence electrons. The van der Waals surface area contributed by atoms with Crippen LogP contribution in [0.15, 0.2) is 22.7 Å². The number of rotatable bonds is 3. The first-order valence-corrected chi connectivity index (χ1v) is 7.90. The van der Waals surface area contributed by atoms with E-state index in [1.54, 1.807) is 0 Å². The van der Waals surface area contributed by atoms with E-state index in [4.69, 9.17) is 22.1 Å². The van der Waals surface area contributed by atoms with E-state index in [1.807, 2.05) is 12.1 Å². The van der Waals surface area contributed by atoms with Gasteiger partial charge in [0, 0.05) is 23.6 Å². The molecule has 1 saturated heterocycles. The number of hydrogen-bond donors (Lipinski definition) is 1. The second-order valence-corrected chi connectivity index (χ2v) is 6.49. The predicted molar refractivity (Wildman–Crippen MR) is 80.4 cm³/mol. The van der Waals surface area contributed by atoms with Crippen LogP contribution in [0.25, 0.3) is 0 Å². The van der Waals surface area contributed by atoms with E-state index < -0.39 is 0 Å². The highest BCUT2D eigenvalue weighted by molar-refractivity contribution is 9.10. The van der Waals surface area contributed by atoms with Crippen LogP contribution in [0, 0.1) is 0 Å². The molecule has 19 heavy (non-hydrogen) atoms. The molecular formula is C14H18BrClN2O. The Kier molecular flexibility index (Phi) is 4.15. The topological polar surface area (TPSA) is 38.5 Å². The highest BCUT2D eigenvalue weighted by atomic mass is 79.9. The molecule has 2 aliphatic rings. The van der Waals surface area contributed by atoms with Crippen molar-refractivity contribution in [2.75, 3.05) is 19.7 Å². The first-order chi connectivity index (χ1) is 9.20. The van der Waals surface area contributed by atoms with Crippen LogP contribution in [0.3, 0.4) is 0 Å². The summed E-state index contributed by atoms with van der Waals surface area (Å²) in [5, 5.41) is 0.745. The first-order valence-electron chi connectivity index (χ1n) is 6.73. The molecule has 3 nitrogen and oxygen atoms in total. The molecule has 1 saturated carbocycles. The number of nitrogens with two attached hydrogens (primary N) is 1. The smallest absolute Gasteiger partial charge is 0.0894 e. The van der Waals surface area contributed by atoms with Gasteiger partial charge in [-0.25, -0.2) is 0 Å². The summed E-state index contributed by atoms with van der Waals surface area (Å²) in [5.74, 6) is 0. The lowest BCUT2D eigenvalue weighted by Crippen LogP contribution is -2.49. The Morgan fingerprint density at radius 2 is 2.21 bits per heavy atom. The summed E-state index contributed by atoms with van der Waals surface area (Å²) in [5.41, 5.74) is 7.09. The summed E-state index contributed by atoms with van der Waals surface area (Å²) in [7, 11) is 0. The van der Waals surface area contributed by atoms with Crippen molar-refractivity contribution in [3.8, 4) is 0 Å². The van der Waals surface area contributed by atoms with E-state index in [-0.39, 0.29) is 12.1 Å². The zero-order valence-electron chi connectivity index (χ0n) is 10.7. The molecule has 2 fully saturated rings. The lowest BCUT2D eigenvalue weighted by atomic mass is 9.97. The van der Waals surface area contributed by atoms with Gasteiger partial charge in [-0.05, 0) is 46.5 Å². The Labute approximate surface area is 127 Å². The summed E-state index contributed by atoms with van der Waals surface area (Å²) >= 11 is 9.67. The molecular weight excluding hydrogens is 328 g/mol. The summed E-state index contributed by atoms with van der Waals surface area (Å²) in [6, 6.07) is 7.09. The Morgan fingerprint density at radius 1 is 1.42 bits per heavy atom. The molecule has 0 bridgehead atoms. The number of benzene rings is 1. The second kappa shape index (κ2) is 5.70. The molecule has 2 atom stereocenters. The Hall–Kier alpha value is -0.130. The molecule has 1 aliphatic carbocycles. The maximum Gasteiger partial charge on any atom is 0.0894 e. The summed E-state index contributed by atoms with van der Waals surface area (Å²) in [4.78, 5) is 2.54. The monoisotopic (exact) mass is 344 g/mol. The van der Waals surface area contributed by atoms with Crippen molar-refractivity contribution in [3.05, 3.63) is 33.3 Å². The van der Waals surface area contributed by atoms with Crippen molar-refractivity contribution < 1.29 is 4.74 Å². The van der Waals surface area contributed by atoms with Gasteiger partial charge in [-0.3, -0.25) is 4.90 Å². The highest BCUT2D eigenvalue weighted by Crippen LogP contribution is 2.39. The van der Waals surface area contributed by atoms with Crippen LogP contribution in [0.5, 0.6) is 0 Å². The van der Waals surface area contributed by atoms with Gasteiger partial charge in [-0.2, -0.15) is 0 Å². The number of morpholine rings is 1. The molecule has 0 aromatic heterocycles. The van der Waals surface area contributed by atoms with Gasteiger partial charge in [-0.1, -0.05) is 17.7 Å². The maximum atomic E-state index is 6.23. The minimum absolute atomic E-state index is 0.0617. The Morgan fingerprint density at radius 3 is 2.84 bits per heavy atom. The molecule has 0 amide bonds. The van der Waals surface area contributed by atoms with E-state index in [1.165, 1.54) is 18.4 Å². The van der Waals surface area contributed by atoms with E-state index in [0.717, 1.165) is 22.6 Å². The van der Waals surface area contributed by atoms with E-state index >= 15 is 0 Å². The molecule has 2 N–H and O–H groups in total. The fraction of sp³-hybridized carbons (Fsp3) is 0.571. The second-order valence-electron chi connectivity index (χ2n) is 5.23. The molecule has 0 spiro atoms. The van der Waals surface area contributed by atoms with Gasteiger partial charge in [0.1, 0.15) is 0 Å². The highest BCUT2D eigenvalue weighted by Gasteiger charge is 2.40. The number of halogens is 2. The lowest BCUT2D eigenvalue weighted by Gasteiger charge is -2.41. The maximum absolute atomic E-state index is 6.23. The van der Waals surface area contributed by atoms with Crippen molar-refractivity contribution in [1.82, 2.24) is 4.90 Å². The number of nitrogens with zero attached hydrogens (tertiary/aromatic N) is 1. The molecule has 5 heteroatoms. The summed E-state index contributed by atoms with van der Waals surface area (Å²) in [6.45, 7) is 2.31.